The quantitative estimate of drug-likeness (QED) is 0.887. The van der Waals surface area contributed by atoms with Gasteiger partial charge in [0, 0.05) is 58.1 Å². The second-order valence-electron chi connectivity index (χ2n) is 7.53. The fourth-order valence-corrected chi connectivity index (χ4v) is 3.67. The molecule has 2 aliphatic rings. The summed E-state index contributed by atoms with van der Waals surface area (Å²) in [5.74, 6) is -1.15. The molecule has 1 aliphatic heterocycles. The average molecular weight is 367 g/mol. The molecule has 1 aliphatic carbocycles. The van der Waals surface area contributed by atoms with Crippen LogP contribution in [0.1, 0.15) is 38.5 Å². The minimum Gasteiger partial charge on any atom is -0.367 e. The molecule has 1 saturated carbocycles. The van der Waals surface area contributed by atoms with Crippen molar-refractivity contribution in [1.29, 1.82) is 0 Å². The van der Waals surface area contributed by atoms with Crippen molar-refractivity contribution >= 4 is 17.5 Å². The lowest BCUT2D eigenvalue weighted by molar-refractivity contribution is -0.140. The van der Waals surface area contributed by atoms with Gasteiger partial charge in [0.25, 0.3) is 0 Å². The molecule has 1 N–H and O–H groups in total. The van der Waals surface area contributed by atoms with Crippen molar-refractivity contribution in [3.05, 3.63) is 12.4 Å². The lowest BCUT2D eigenvalue weighted by atomic mass is 9.85. The maximum Gasteiger partial charge on any atom is 0.248 e. The molecule has 0 spiro atoms. The topological polar surface area (TPSA) is 61.4 Å². The molecule has 1 aromatic rings. The number of halogens is 2. The van der Waals surface area contributed by atoms with Crippen LogP contribution in [0.5, 0.6) is 0 Å². The second kappa shape index (κ2) is 7.72. The third kappa shape index (κ3) is 4.59. The van der Waals surface area contributed by atoms with Crippen LogP contribution in [0, 0.1) is 5.92 Å². The number of likely N-dealkylation sites (tertiary alicyclic amines) is 1. The molecule has 1 saturated heterocycles. The molecule has 8 heteroatoms. The molecule has 2 heterocycles. The summed E-state index contributed by atoms with van der Waals surface area (Å²) in [6.07, 6.45) is 3.48. The third-order valence-corrected chi connectivity index (χ3v) is 5.34. The smallest absolute Gasteiger partial charge is 0.248 e. The van der Waals surface area contributed by atoms with E-state index in [-0.39, 0.29) is 30.7 Å². The number of alkyl halides is 2. The normalized spacial score (nSPS) is 21.5. The monoisotopic (exact) mass is 367 g/mol. The highest BCUT2D eigenvalue weighted by molar-refractivity contribution is 5.79. The number of nitrogens with one attached hydrogen (secondary N) is 1. The maximum atomic E-state index is 13.3. The molecule has 2 fully saturated rings. The summed E-state index contributed by atoms with van der Waals surface area (Å²) in [5.41, 5.74) is 0. The number of aromatic nitrogens is 2. The number of hydrogen-bond acceptors (Lipinski definition) is 5. The number of piperidine rings is 1. The van der Waals surface area contributed by atoms with Gasteiger partial charge in [0.2, 0.25) is 11.8 Å². The molecule has 1 amide bonds. The maximum absolute atomic E-state index is 13.3. The SMILES string of the molecule is CN(C)c1cc(NC2CCN(C(=O)C3CCC(F)(F)CC3)CC2)ncn1. The van der Waals surface area contributed by atoms with Gasteiger partial charge in [0.1, 0.15) is 18.0 Å². The Hall–Kier alpha value is -1.99. The van der Waals surface area contributed by atoms with Crippen LogP contribution in [0.2, 0.25) is 0 Å². The van der Waals surface area contributed by atoms with Crippen LogP contribution in [0.25, 0.3) is 0 Å². The van der Waals surface area contributed by atoms with E-state index < -0.39 is 5.92 Å². The average Bonchev–Trinajstić information content (AvgIpc) is 2.62. The molecule has 1 aromatic heterocycles. The molecule has 26 heavy (non-hydrogen) atoms. The molecule has 144 valence electrons. The zero-order chi connectivity index (χ0) is 18.7. The number of hydrogen-bond donors (Lipinski definition) is 1. The van der Waals surface area contributed by atoms with Crippen LogP contribution >= 0.6 is 0 Å². The van der Waals surface area contributed by atoms with E-state index in [1.807, 2.05) is 30.0 Å². The van der Waals surface area contributed by atoms with E-state index in [1.165, 1.54) is 6.33 Å². The van der Waals surface area contributed by atoms with Crippen molar-refractivity contribution in [3.8, 4) is 0 Å². The standard InChI is InChI=1S/C18H27F2N5O/c1-24(2)16-11-15(21-12-22-16)23-14-5-9-25(10-6-14)17(26)13-3-7-18(19,20)8-4-13/h11-14H,3-10H2,1-2H3,(H,21,22,23). The summed E-state index contributed by atoms with van der Waals surface area (Å²) in [5, 5.41) is 3.41. The van der Waals surface area contributed by atoms with Gasteiger partial charge >= 0.3 is 0 Å². The summed E-state index contributed by atoms with van der Waals surface area (Å²) in [4.78, 5) is 24.8. The Balaban J connectivity index is 1.48. The lowest BCUT2D eigenvalue weighted by Gasteiger charge is -2.36. The summed E-state index contributed by atoms with van der Waals surface area (Å²) in [7, 11) is 3.86. The largest absolute Gasteiger partial charge is 0.367 e. The third-order valence-electron chi connectivity index (χ3n) is 5.34. The van der Waals surface area contributed by atoms with E-state index in [1.54, 1.807) is 0 Å². The first-order valence-electron chi connectivity index (χ1n) is 9.26. The Bertz CT molecular complexity index is 622. The van der Waals surface area contributed by atoms with Gasteiger partial charge < -0.3 is 15.1 Å². The van der Waals surface area contributed by atoms with Crippen molar-refractivity contribution in [3.63, 3.8) is 0 Å². The van der Waals surface area contributed by atoms with E-state index >= 15 is 0 Å². The first-order chi connectivity index (χ1) is 12.3. The molecule has 0 radical (unpaired) electrons. The highest BCUT2D eigenvalue weighted by Gasteiger charge is 2.39. The van der Waals surface area contributed by atoms with Crippen LogP contribution in [0.3, 0.4) is 0 Å². The predicted molar refractivity (Wildman–Crippen MR) is 96.5 cm³/mol. The van der Waals surface area contributed by atoms with Gasteiger partial charge in [-0.3, -0.25) is 4.79 Å². The Morgan fingerprint density at radius 2 is 1.85 bits per heavy atom. The van der Waals surface area contributed by atoms with Gasteiger partial charge in [0.15, 0.2) is 0 Å². The van der Waals surface area contributed by atoms with Gasteiger partial charge in [0.05, 0.1) is 0 Å². The fourth-order valence-electron chi connectivity index (χ4n) is 3.67. The minimum atomic E-state index is -2.59. The Labute approximate surface area is 153 Å². The minimum absolute atomic E-state index is 0.0517. The van der Waals surface area contributed by atoms with Gasteiger partial charge in [-0.15, -0.1) is 0 Å². The molecule has 0 unspecified atom stereocenters. The summed E-state index contributed by atoms with van der Waals surface area (Å²) < 4.78 is 26.5. The highest BCUT2D eigenvalue weighted by atomic mass is 19.3. The van der Waals surface area contributed by atoms with E-state index in [4.69, 9.17) is 0 Å². The Morgan fingerprint density at radius 3 is 2.46 bits per heavy atom. The van der Waals surface area contributed by atoms with E-state index in [2.05, 4.69) is 15.3 Å². The van der Waals surface area contributed by atoms with E-state index in [0.717, 1.165) is 24.5 Å². The van der Waals surface area contributed by atoms with Crippen LogP contribution in [-0.2, 0) is 4.79 Å². The number of amides is 1. The van der Waals surface area contributed by atoms with Gasteiger partial charge in [-0.1, -0.05) is 0 Å². The molecular formula is C18H27F2N5O. The van der Waals surface area contributed by atoms with Crippen molar-refractivity contribution in [2.24, 2.45) is 5.92 Å². The molecule has 6 nitrogen and oxygen atoms in total. The van der Waals surface area contributed by atoms with Gasteiger partial charge in [-0.2, -0.15) is 0 Å². The number of nitrogens with zero attached hydrogens (tertiary/aromatic N) is 4. The number of carbonyl (C=O) groups excluding carboxylic acids is 1. The Kier molecular flexibility index (Phi) is 5.58. The lowest BCUT2D eigenvalue weighted by Crippen LogP contribution is -2.46. The number of carbonyl (C=O) groups is 1. The molecule has 0 aromatic carbocycles. The van der Waals surface area contributed by atoms with E-state index in [0.29, 0.717) is 25.9 Å². The Morgan fingerprint density at radius 1 is 1.19 bits per heavy atom. The van der Waals surface area contributed by atoms with Crippen molar-refractivity contribution < 1.29 is 13.6 Å². The van der Waals surface area contributed by atoms with Gasteiger partial charge in [-0.25, -0.2) is 18.7 Å². The van der Waals surface area contributed by atoms with Crippen molar-refractivity contribution in [2.75, 3.05) is 37.4 Å². The predicted octanol–water partition coefficient (Wildman–Crippen LogP) is 2.77. The summed E-state index contributed by atoms with van der Waals surface area (Å²) in [6.45, 7) is 1.32. The van der Waals surface area contributed by atoms with Crippen molar-refractivity contribution in [2.45, 2.75) is 50.5 Å². The van der Waals surface area contributed by atoms with Crippen LogP contribution in [0.15, 0.2) is 12.4 Å². The van der Waals surface area contributed by atoms with Crippen LogP contribution < -0.4 is 10.2 Å². The zero-order valence-corrected chi connectivity index (χ0v) is 15.4. The highest BCUT2D eigenvalue weighted by Crippen LogP contribution is 2.37. The summed E-state index contributed by atoms with van der Waals surface area (Å²) >= 11 is 0. The summed E-state index contributed by atoms with van der Waals surface area (Å²) in [6, 6.07) is 2.15. The van der Waals surface area contributed by atoms with Crippen LogP contribution in [-0.4, -0.2) is 59.9 Å². The number of rotatable bonds is 4. The molecular weight excluding hydrogens is 340 g/mol. The van der Waals surface area contributed by atoms with E-state index in [9.17, 15) is 13.6 Å². The molecule has 0 bridgehead atoms. The van der Waals surface area contributed by atoms with Crippen molar-refractivity contribution in [1.82, 2.24) is 14.9 Å². The fraction of sp³-hybridized carbons (Fsp3) is 0.722. The number of anilines is 2. The van der Waals surface area contributed by atoms with Crippen LogP contribution in [0.4, 0.5) is 20.4 Å². The first-order valence-corrected chi connectivity index (χ1v) is 9.26. The molecule has 3 rings (SSSR count). The second-order valence-corrected chi connectivity index (χ2v) is 7.53. The molecule has 0 atom stereocenters. The zero-order valence-electron chi connectivity index (χ0n) is 15.4. The van der Waals surface area contributed by atoms with Gasteiger partial charge in [-0.05, 0) is 25.7 Å². The first kappa shape index (κ1) is 18.8.